The minimum absolute atomic E-state index is 0.0169. The van der Waals surface area contributed by atoms with Crippen LogP contribution in [0.4, 0.5) is 17.3 Å². The first-order chi connectivity index (χ1) is 16.8. The number of rotatable bonds is 6. The molecule has 0 saturated carbocycles. The average Bonchev–Trinajstić information content (AvgIpc) is 2.76. The number of hydrogen-bond donors (Lipinski definition) is 4. The number of halogens is 2. The van der Waals surface area contributed by atoms with Crippen molar-refractivity contribution in [2.45, 2.75) is 4.90 Å². The molecule has 0 atom stereocenters. The highest BCUT2D eigenvalue weighted by Gasteiger charge is 2.33. The van der Waals surface area contributed by atoms with Crippen molar-refractivity contribution in [3.8, 4) is 0 Å². The van der Waals surface area contributed by atoms with E-state index in [1.807, 2.05) is 0 Å². The molecule has 2 aromatic carbocycles. The quantitative estimate of drug-likeness (QED) is 0.249. The molecular weight excluding hydrogens is 559 g/mol. The smallest absolute Gasteiger partial charge is 0.296 e. The summed E-state index contributed by atoms with van der Waals surface area (Å²) >= 11 is 11.5. The highest BCUT2D eigenvalue weighted by molar-refractivity contribution is 7.91. The summed E-state index contributed by atoms with van der Waals surface area (Å²) in [5, 5.41) is 6.15. The van der Waals surface area contributed by atoms with Crippen LogP contribution in [0, 0.1) is 0 Å². The number of allylic oxidation sites excluding steroid dienone is 1. The molecule has 186 valence electrons. The molecule has 3 aromatic rings. The molecule has 0 saturated heterocycles. The van der Waals surface area contributed by atoms with Crippen LogP contribution in [0.3, 0.4) is 0 Å². The van der Waals surface area contributed by atoms with E-state index in [0.29, 0.717) is 5.69 Å². The van der Waals surface area contributed by atoms with Gasteiger partial charge < -0.3 is 5.32 Å². The molecule has 1 aliphatic rings. The summed E-state index contributed by atoms with van der Waals surface area (Å²) in [6, 6.07) is 9.21. The second kappa shape index (κ2) is 9.53. The van der Waals surface area contributed by atoms with Gasteiger partial charge in [0.25, 0.3) is 20.2 Å². The Morgan fingerprint density at radius 1 is 0.889 bits per heavy atom. The molecule has 0 bridgehead atoms. The lowest BCUT2D eigenvalue weighted by Crippen LogP contribution is -2.27. The van der Waals surface area contributed by atoms with Gasteiger partial charge in [0.05, 0.1) is 5.69 Å². The van der Waals surface area contributed by atoms with Gasteiger partial charge in [-0.2, -0.15) is 36.9 Å². The maximum absolute atomic E-state index is 13.1. The van der Waals surface area contributed by atoms with Crippen LogP contribution in [-0.2, 0) is 20.2 Å². The number of Topliss-reactive ketones (excluding diaryl/α,β-unsaturated/α-hetero) is 1. The van der Waals surface area contributed by atoms with E-state index < -0.39 is 41.5 Å². The van der Waals surface area contributed by atoms with Gasteiger partial charge in [-0.25, -0.2) is 0 Å². The van der Waals surface area contributed by atoms with Gasteiger partial charge in [0, 0.05) is 11.3 Å². The largest absolute Gasteiger partial charge is 0.324 e. The number of aromatic nitrogens is 3. The lowest BCUT2D eigenvalue weighted by Gasteiger charge is -2.17. The molecule has 0 unspecified atom stereocenters. The third-order valence-corrected chi connectivity index (χ3v) is 6.72. The monoisotopic (exact) mass is 570 g/mol. The lowest BCUT2D eigenvalue weighted by molar-refractivity contribution is 0.106. The zero-order chi connectivity index (χ0) is 26.3. The van der Waals surface area contributed by atoms with Crippen molar-refractivity contribution in [2.75, 3.05) is 10.7 Å². The minimum Gasteiger partial charge on any atom is -0.324 e. The predicted molar refractivity (Wildman–Crippen MR) is 131 cm³/mol. The maximum Gasteiger partial charge on any atom is 0.296 e. The van der Waals surface area contributed by atoms with Gasteiger partial charge in [-0.05, 0) is 65.2 Å². The Hall–Kier alpha value is -3.47. The topological polar surface area (TPSA) is 201 Å². The van der Waals surface area contributed by atoms with Crippen LogP contribution < -0.4 is 10.7 Å². The molecule has 0 radical (unpaired) electrons. The maximum atomic E-state index is 13.1. The van der Waals surface area contributed by atoms with E-state index in [1.165, 1.54) is 36.4 Å². The number of carbonyl (C=O) groups excluding carboxylic acids is 1. The normalized spacial score (nSPS) is 14.8. The highest BCUT2D eigenvalue weighted by Crippen LogP contribution is 2.29. The summed E-state index contributed by atoms with van der Waals surface area (Å²) in [5.74, 6) is -0.917. The Morgan fingerprint density at radius 3 is 2.19 bits per heavy atom. The van der Waals surface area contributed by atoms with Gasteiger partial charge in [0.2, 0.25) is 22.3 Å². The summed E-state index contributed by atoms with van der Waals surface area (Å²) in [7, 11) is -9.63. The molecule has 1 aliphatic carbocycles. The fourth-order valence-electron chi connectivity index (χ4n) is 3.13. The Bertz CT molecular complexity index is 1670. The summed E-state index contributed by atoms with van der Waals surface area (Å²) < 4.78 is 66.4. The Kier molecular flexibility index (Phi) is 6.78. The lowest BCUT2D eigenvalue weighted by atomic mass is 9.94. The third-order valence-electron chi connectivity index (χ3n) is 4.60. The molecule has 0 fully saturated rings. The van der Waals surface area contributed by atoms with Crippen LogP contribution in [0.5, 0.6) is 0 Å². The van der Waals surface area contributed by atoms with Crippen molar-refractivity contribution < 1.29 is 30.7 Å². The second-order valence-corrected chi connectivity index (χ2v) is 10.4. The minimum atomic E-state index is -4.96. The Morgan fingerprint density at radius 2 is 1.56 bits per heavy atom. The molecule has 0 amide bonds. The van der Waals surface area contributed by atoms with E-state index in [0.717, 1.165) is 12.1 Å². The van der Waals surface area contributed by atoms with Crippen molar-refractivity contribution in [3.63, 3.8) is 0 Å². The summed E-state index contributed by atoms with van der Waals surface area (Å²) in [5.41, 5.74) is 1.73. The van der Waals surface area contributed by atoms with E-state index in [2.05, 4.69) is 30.8 Å². The van der Waals surface area contributed by atoms with E-state index >= 15 is 0 Å². The number of ketones is 1. The third kappa shape index (κ3) is 5.51. The number of nitrogens with zero attached hydrogens (tertiary/aromatic N) is 4. The number of anilines is 3. The summed E-state index contributed by atoms with van der Waals surface area (Å²) in [4.78, 5) is 23.0. The van der Waals surface area contributed by atoms with Gasteiger partial charge >= 0.3 is 0 Å². The van der Waals surface area contributed by atoms with Gasteiger partial charge in [-0.1, -0.05) is 12.1 Å². The van der Waals surface area contributed by atoms with Crippen LogP contribution in [-0.4, -0.2) is 52.4 Å². The van der Waals surface area contributed by atoms with Gasteiger partial charge in [-0.15, -0.1) is 0 Å². The zero-order valence-corrected chi connectivity index (χ0v) is 20.6. The number of hydrazone groups is 1. The molecule has 13 nitrogen and oxygen atoms in total. The van der Waals surface area contributed by atoms with Crippen LogP contribution in [0.25, 0.3) is 6.08 Å². The predicted octanol–water partition coefficient (Wildman–Crippen LogP) is 3.06. The number of para-hydroxylation sites is 1. The molecule has 0 spiro atoms. The fraction of sp³-hybridized carbons (Fsp3) is 0. The molecule has 36 heavy (non-hydrogen) atoms. The van der Waals surface area contributed by atoms with Gasteiger partial charge in [0.1, 0.15) is 9.80 Å². The molecule has 4 N–H and O–H groups in total. The van der Waals surface area contributed by atoms with Gasteiger partial charge in [-0.3, -0.25) is 19.3 Å². The molecule has 4 rings (SSSR count). The van der Waals surface area contributed by atoms with Crippen molar-refractivity contribution in [2.24, 2.45) is 5.10 Å². The summed E-state index contributed by atoms with van der Waals surface area (Å²) in [6.07, 6.45) is 1.000. The second-order valence-electron chi connectivity index (χ2n) is 6.98. The number of fused-ring (bicyclic) bond motifs is 1. The molecule has 0 aliphatic heterocycles. The van der Waals surface area contributed by atoms with Crippen LogP contribution in [0.15, 0.2) is 57.4 Å². The summed E-state index contributed by atoms with van der Waals surface area (Å²) in [6.45, 7) is 0. The number of benzene rings is 2. The van der Waals surface area contributed by atoms with Crippen molar-refractivity contribution in [1.29, 1.82) is 0 Å². The highest BCUT2D eigenvalue weighted by atomic mass is 35.5. The Labute approximate surface area is 213 Å². The van der Waals surface area contributed by atoms with Crippen molar-refractivity contribution in [3.05, 3.63) is 69.1 Å². The fourth-order valence-corrected chi connectivity index (χ4v) is 4.79. The van der Waals surface area contributed by atoms with Crippen molar-refractivity contribution in [1.82, 2.24) is 15.0 Å². The zero-order valence-electron chi connectivity index (χ0n) is 17.4. The molecule has 1 heterocycles. The first kappa shape index (κ1) is 25.6. The van der Waals surface area contributed by atoms with Crippen molar-refractivity contribution >= 4 is 78.3 Å². The van der Waals surface area contributed by atoms with Gasteiger partial charge in [0.15, 0.2) is 5.71 Å². The molecule has 1 aromatic heterocycles. The van der Waals surface area contributed by atoms with E-state index in [9.17, 15) is 30.7 Å². The SMILES string of the molecule is O=C1/C(=N\Nc2ccccc2S(=O)(=O)O)C(S(=O)(=O)O)=Cc2cc(Nc3nc(Cl)nc(Cl)n3)ccc21. The van der Waals surface area contributed by atoms with E-state index in [1.54, 1.807) is 0 Å². The molecule has 17 heteroatoms. The first-order valence-electron chi connectivity index (χ1n) is 9.45. The average molecular weight is 571 g/mol. The Balaban J connectivity index is 1.75. The van der Waals surface area contributed by atoms with Crippen LogP contribution in [0.1, 0.15) is 15.9 Å². The van der Waals surface area contributed by atoms with Crippen LogP contribution >= 0.6 is 23.2 Å². The standard InChI is InChI=1S/C19H12Cl2N6O7S2/c20-17-23-18(21)25-19(24-17)22-10-5-6-11-9(7-10)8-14(36(32,33)34)15(16(11)28)27-26-12-3-1-2-4-13(12)35(29,30)31/h1-8,26H,(H,29,30,31)(H,32,33,34)(H,22,23,24,25)/b27-15-. The van der Waals surface area contributed by atoms with E-state index in [-0.39, 0.29) is 33.3 Å². The van der Waals surface area contributed by atoms with Crippen LogP contribution in [0.2, 0.25) is 10.6 Å². The first-order valence-corrected chi connectivity index (χ1v) is 13.1. The number of hydrogen-bond acceptors (Lipinski definition) is 11. The number of carbonyl (C=O) groups is 1. The number of nitrogens with one attached hydrogen (secondary N) is 2. The molecular formula is C19H12Cl2N6O7S2. The van der Waals surface area contributed by atoms with E-state index in [4.69, 9.17) is 23.2 Å².